The highest BCUT2D eigenvalue weighted by Gasteiger charge is 2.33. The molecule has 1 aliphatic heterocycles. The summed E-state index contributed by atoms with van der Waals surface area (Å²) < 4.78 is 10.5. The standard InChI is InChI=1S/C19H20O6/c1-19(2,3)25-14(21)9-12-8-11-7-10-5-4-6-13(20)15(10)17(22)16(11)18(23)24-12/h4-7,12,20,22H,8-9H2,1-3H3. The number of benzene rings is 2. The van der Waals surface area contributed by atoms with Crippen LogP contribution in [-0.4, -0.2) is 33.9 Å². The number of ether oxygens (including phenoxy) is 2. The molecule has 0 saturated heterocycles. The summed E-state index contributed by atoms with van der Waals surface area (Å²) in [5, 5.41) is 21.2. The number of fused-ring (bicyclic) bond motifs is 2. The zero-order valence-electron chi connectivity index (χ0n) is 14.3. The molecule has 1 aliphatic rings. The van der Waals surface area contributed by atoms with Gasteiger partial charge in [0.1, 0.15) is 28.8 Å². The Morgan fingerprint density at radius 2 is 2.04 bits per heavy atom. The summed E-state index contributed by atoms with van der Waals surface area (Å²) in [5.41, 5.74) is 0.00878. The van der Waals surface area contributed by atoms with Gasteiger partial charge in [-0.15, -0.1) is 0 Å². The molecule has 0 amide bonds. The number of carbonyl (C=O) groups excluding carboxylic acids is 2. The van der Waals surface area contributed by atoms with E-state index in [0.717, 1.165) is 0 Å². The van der Waals surface area contributed by atoms with E-state index >= 15 is 0 Å². The zero-order chi connectivity index (χ0) is 18.4. The van der Waals surface area contributed by atoms with Crippen molar-refractivity contribution in [1.82, 2.24) is 0 Å². The predicted molar refractivity (Wildman–Crippen MR) is 90.6 cm³/mol. The van der Waals surface area contributed by atoms with Crippen LogP contribution in [0.2, 0.25) is 0 Å². The number of aromatic hydroxyl groups is 2. The SMILES string of the molecule is CC(C)(C)OC(=O)CC1Cc2cc3cccc(O)c3c(O)c2C(=O)O1. The molecule has 25 heavy (non-hydrogen) atoms. The smallest absolute Gasteiger partial charge is 0.342 e. The molecule has 2 aromatic rings. The van der Waals surface area contributed by atoms with Gasteiger partial charge in [-0.2, -0.15) is 0 Å². The highest BCUT2D eigenvalue weighted by molar-refractivity contribution is 6.05. The highest BCUT2D eigenvalue weighted by atomic mass is 16.6. The van der Waals surface area contributed by atoms with Crippen LogP contribution in [0.3, 0.4) is 0 Å². The minimum absolute atomic E-state index is 0.0365. The van der Waals surface area contributed by atoms with Crippen LogP contribution in [0.25, 0.3) is 10.8 Å². The van der Waals surface area contributed by atoms with Crippen LogP contribution in [0.15, 0.2) is 24.3 Å². The first-order valence-corrected chi connectivity index (χ1v) is 8.05. The van der Waals surface area contributed by atoms with Gasteiger partial charge in [-0.3, -0.25) is 4.79 Å². The van der Waals surface area contributed by atoms with Gasteiger partial charge in [0, 0.05) is 6.42 Å². The quantitative estimate of drug-likeness (QED) is 0.813. The number of cyclic esters (lactones) is 1. The minimum Gasteiger partial charge on any atom is -0.507 e. The second-order valence-electron chi connectivity index (χ2n) is 7.16. The van der Waals surface area contributed by atoms with E-state index in [-0.39, 0.29) is 28.9 Å². The maximum Gasteiger partial charge on any atom is 0.342 e. The molecule has 1 heterocycles. The maximum atomic E-state index is 12.3. The molecule has 1 unspecified atom stereocenters. The Hall–Kier alpha value is -2.76. The number of carbonyl (C=O) groups is 2. The Kier molecular flexibility index (Phi) is 4.06. The van der Waals surface area contributed by atoms with Crippen molar-refractivity contribution in [1.29, 1.82) is 0 Å². The van der Waals surface area contributed by atoms with Crippen molar-refractivity contribution in [3.05, 3.63) is 35.4 Å². The zero-order valence-corrected chi connectivity index (χ0v) is 14.3. The van der Waals surface area contributed by atoms with Gasteiger partial charge in [0.2, 0.25) is 0 Å². The summed E-state index contributed by atoms with van der Waals surface area (Å²) in [4.78, 5) is 24.3. The number of hydrogen-bond donors (Lipinski definition) is 2. The van der Waals surface area contributed by atoms with E-state index in [0.29, 0.717) is 17.4 Å². The average molecular weight is 344 g/mol. The van der Waals surface area contributed by atoms with Crippen molar-refractivity contribution in [2.45, 2.75) is 45.3 Å². The molecule has 0 saturated carbocycles. The number of rotatable bonds is 2. The molecule has 6 heteroatoms. The Morgan fingerprint density at radius 1 is 1.32 bits per heavy atom. The van der Waals surface area contributed by atoms with Gasteiger partial charge in [-0.25, -0.2) is 4.79 Å². The van der Waals surface area contributed by atoms with Crippen LogP contribution in [0.1, 0.15) is 43.1 Å². The molecular formula is C19H20O6. The summed E-state index contributed by atoms with van der Waals surface area (Å²) in [7, 11) is 0. The minimum atomic E-state index is -0.711. The monoisotopic (exact) mass is 344 g/mol. The maximum absolute atomic E-state index is 12.3. The third-order valence-electron chi connectivity index (χ3n) is 3.94. The summed E-state index contributed by atoms with van der Waals surface area (Å²) in [6, 6.07) is 6.56. The van der Waals surface area contributed by atoms with Crippen molar-refractivity contribution in [3.8, 4) is 11.5 Å². The first-order chi connectivity index (χ1) is 11.7. The van der Waals surface area contributed by atoms with E-state index < -0.39 is 23.6 Å². The van der Waals surface area contributed by atoms with E-state index in [4.69, 9.17) is 9.47 Å². The Labute approximate surface area is 145 Å². The van der Waals surface area contributed by atoms with Crippen LogP contribution in [-0.2, 0) is 20.7 Å². The van der Waals surface area contributed by atoms with Crippen molar-refractivity contribution < 1.29 is 29.3 Å². The van der Waals surface area contributed by atoms with Gasteiger partial charge in [0.25, 0.3) is 0 Å². The molecule has 6 nitrogen and oxygen atoms in total. The second kappa shape index (κ2) is 5.95. The lowest BCUT2D eigenvalue weighted by molar-refractivity contribution is -0.157. The fourth-order valence-electron chi connectivity index (χ4n) is 3.04. The van der Waals surface area contributed by atoms with Gasteiger partial charge in [-0.1, -0.05) is 12.1 Å². The van der Waals surface area contributed by atoms with Crippen LogP contribution < -0.4 is 0 Å². The molecule has 132 valence electrons. The van der Waals surface area contributed by atoms with Gasteiger partial charge >= 0.3 is 11.9 Å². The normalized spacial score (nSPS) is 17.1. The summed E-state index contributed by atoms with van der Waals surface area (Å²) in [6.07, 6.45) is -0.412. The largest absolute Gasteiger partial charge is 0.507 e. The van der Waals surface area contributed by atoms with Crippen LogP contribution in [0, 0.1) is 0 Å². The number of phenolic OH excluding ortho intramolecular Hbond substituents is 2. The molecule has 2 N–H and O–H groups in total. The fraction of sp³-hybridized carbons (Fsp3) is 0.368. The molecule has 2 aromatic carbocycles. The third-order valence-corrected chi connectivity index (χ3v) is 3.94. The van der Waals surface area contributed by atoms with E-state index in [1.165, 1.54) is 6.07 Å². The molecule has 0 fully saturated rings. The van der Waals surface area contributed by atoms with Crippen molar-refractivity contribution in [2.75, 3.05) is 0 Å². The first kappa shape index (κ1) is 17.1. The second-order valence-corrected chi connectivity index (χ2v) is 7.16. The molecule has 3 rings (SSSR count). The predicted octanol–water partition coefficient (Wildman–Crippen LogP) is 3.06. The fourth-order valence-corrected chi connectivity index (χ4v) is 3.04. The lowest BCUT2D eigenvalue weighted by Crippen LogP contribution is -2.32. The lowest BCUT2D eigenvalue weighted by atomic mass is 9.92. The first-order valence-electron chi connectivity index (χ1n) is 8.05. The van der Waals surface area contributed by atoms with Gasteiger partial charge in [0.15, 0.2) is 0 Å². The Bertz CT molecular complexity index is 862. The molecule has 0 aromatic heterocycles. The summed E-state index contributed by atoms with van der Waals surface area (Å²) >= 11 is 0. The summed E-state index contributed by atoms with van der Waals surface area (Å²) in [5.74, 6) is -1.57. The van der Waals surface area contributed by atoms with Crippen molar-refractivity contribution in [3.63, 3.8) is 0 Å². The topological polar surface area (TPSA) is 93.1 Å². The summed E-state index contributed by atoms with van der Waals surface area (Å²) in [6.45, 7) is 5.30. The molecule has 0 spiro atoms. The number of phenols is 2. The average Bonchev–Trinajstić information content (AvgIpc) is 2.44. The van der Waals surface area contributed by atoms with Crippen LogP contribution >= 0.6 is 0 Å². The number of hydrogen-bond acceptors (Lipinski definition) is 6. The van der Waals surface area contributed by atoms with Crippen molar-refractivity contribution >= 4 is 22.7 Å². The molecule has 0 aliphatic carbocycles. The lowest BCUT2D eigenvalue weighted by Gasteiger charge is -2.27. The van der Waals surface area contributed by atoms with E-state index in [1.54, 1.807) is 39.0 Å². The van der Waals surface area contributed by atoms with Gasteiger partial charge < -0.3 is 19.7 Å². The highest BCUT2D eigenvalue weighted by Crippen LogP contribution is 2.40. The molecule has 1 atom stereocenters. The molecule has 0 radical (unpaired) electrons. The van der Waals surface area contributed by atoms with E-state index in [2.05, 4.69) is 0 Å². The van der Waals surface area contributed by atoms with E-state index in [1.807, 2.05) is 0 Å². The van der Waals surface area contributed by atoms with E-state index in [9.17, 15) is 19.8 Å². The Morgan fingerprint density at radius 3 is 2.72 bits per heavy atom. The Balaban J connectivity index is 1.92. The van der Waals surface area contributed by atoms with Gasteiger partial charge in [-0.05, 0) is 43.9 Å². The third kappa shape index (κ3) is 3.38. The van der Waals surface area contributed by atoms with Crippen LogP contribution in [0.5, 0.6) is 11.5 Å². The van der Waals surface area contributed by atoms with Gasteiger partial charge in [0.05, 0.1) is 11.8 Å². The molecule has 0 bridgehead atoms. The number of esters is 2. The molecular weight excluding hydrogens is 324 g/mol. The van der Waals surface area contributed by atoms with Crippen molar-refractivity contribution in [2.24, 2.45) is 0 Å². The van der Waals surface area contributed by atoms with Crippen LogP contribution in [0.4, 0.5) is 0 Å².